The molecule has 0 spiro atoms. The number of nitrogens with zero attached hydrogens (tertiary/aromatic N) is 1. The number of hydrogen-bond donors (Lipinski definition) is 0. The van der Waals surface area contributed by atoms with Crippen LogP contribution in [0.3, 0.4) is 0 Å². The zero-order chi connectivity index (χ0) is 15.7. The molecule has 0 N–H and O–H groups in total. The Hall–Kier alpha value is -1.62. The van der Waals surface area contributed by atoms with Crippen LogP contribution in [-0.2, 0) is 9.53 Å². The van der Waals surface area contributed by atoms with Crippen molar-refractivity contribution in [1.29, 1.82) is 0 Å². The van der Waals surface area contributed by atoms with Gasteiger partial charge in [-0.1, -0.05) is 57.3 Å². The third-order valence-electron chi connectivity index (χ3n) is 2.98. The number of carbonyl (C=O) groups excluding carboxylic acids is 1. The Balaban J connectivity index is 1.98. The van der Waals surface area contributed by atoms with Crippen molar-refractivity contribution < 1.29 is 9.53 Å². The highest BCUT2D eigenvalue weighted by molar-refractivity contribution is 9.10. The van der Waals surface area contributed by atoms with Crippen LogP contribution >= 0.6 is 39.1 Å². The van der Waals surface area contributed by atoms with Gasteiger partial charge >= 0.3 is 5.97 Å². The van der Waals surface area contributed by atoms with Crippen LogP contribution in [0.25, 0.3) is 6.08 Å². The molecular formula is C16H8BrCl2NO2. The summed E-state index contributed by atoms with van der Waals surface area (Å²) in [6.07, 6.45) is 1.65. The fraction of sp³-hybridized carbons (Fsp3) is 0. The van der Waals surface area contributed by atoms with Gasteiger partial charge in [0.2, 0.25) is 5.90 Å². The molecule has 0 amide bonds. The van der Waals surface area contributed by atoms with Gasteiger partial charge in [-0.2, -0.15) is 0 Å². The van der Waals surface area contributed by atoms with Crippen molar-refractivity contribution in [2.45, 2.75) is 0 Å². The molecule has 0 atom stereocenters. The Morgan fingerprint density at radius 2 is 1.82 bits per heavy atom. The molecular weight excluding hydrogens is 389 g/mol. The van der Waals surface area contributed by atoms with E-state index in [4.69, 9.17) is 27.9 Å². The van der Waals surface area contributed by atoms with Gasteiger partial charge in [0.1, 0.15) is 0 Å². The molecule has 110 valence electrons. The van der Waals surface area contributed by atoms with Crippen molar-refractivity contribution in [3.8, 4) is 0 Å². The lowest BCUT2D eigenvalue weighted by Crippen LogP contribution is -2.06. The van der Waals surface area contributed by atoms with Crippen molar-refractivity contribution >= 4 is 57.1 Å². The number of ether oxygens (including phenoxy) is 1. The second kappa shape index (κ2) is 6.24. The average Bonchev–Trinajstić information content (AvgIpc) is 2.85. The molecule has 0 bridgehead atoms. The molecule has 6 heteroatoms. The predicted octanol–water partition coefficient (Wildman–Crippen LogP) is 5.10. The van der Waals surface area contributed by atoms with Crippen LogP contribution in [0.4, 0.5) is 0 Å². The lowest BCUT2D eigenvalue weighted by atomic mass is 10.2. The molecule has 0 saturated heterocycles. The fourth-order valence-corrected chi connectivity index (χ4v) is 2.56. The summed E-state index contributed by atoms with van der Waals surface area (Å²) in [5, 5.41) is 0.684. The molecule has 0 fully saturated rings. The van der Waals surface area contributed by atoms with Crippen LogP contribution in [0, 0.1) is 0 Å². The standard InChI is InChI=1S/C16H8BrCl2NO2/c17-10-6-4-9(5-7-10)8-13-16(21)22-15(20-13)11-2-1-3-12(18)14(11)19/h1-8H/b13-8+. The first-order valence-electron chi connectivity index (χ1n) is 6.27. The maximum atomic E-state index is 11.9. The summed E-state index contributed by atoms with van der Waals surface area (Å²) in [6.45, 7) is 0. The van der Waals surface area contributed by atoms with Crippen LogP contribution < -0.4 is 0 Å². The van der Waals surface area contributed by atoms with Gasteiger partial charge in [0.15, 0.2) is 5.70 Å². The molecule has 2 aromatic carbocycles. The first kappa shape index (κ1) is 15.3. The minimum atomic E-state index is -0.519. The first-order chi connectivity index (χ1) is 10.5. The van der Waals surface area contributed by atoms with Crippen LogP contribution in [-0.4, -0.2) is 11.9 Å². The fourth-order valence-electron chi connectivity index (χ4n) is 1.91. The van der Waals surface area contributed by atoms with Crippen molar-refractivity contribution in [2.75, 3.05) is 0 Å². The summed E-state index contributed by atoms with van der Waals surface area (Å²) in [6, 6.07) is 12.6. The van der Waals surface area contributed by atoms with Gasteiger partial charge in [-0.05, 0) is 35.9 Å². The second-order valence-corrected chi connectivity index (χ2v) is 6.19. The Morgan fingerprint density at radius 3 is 2.55 bits per heavy atom. The summed E-state index contributed by atoms with van der Waals surface area (Å²) in [5.74, 6) is -0.366. The number of hydrogen-bond acceptors (Lipinski definition) is 3. The zero-order valence-corrected chi connectivity index (χ0v) is 14.1. The van der Waals surface area contributed by atoms with E-state index in [1.807, 2.05) is 24.3 Å². The third-order valence-corrected chi connectivity index (χ3v) is 4.32. The van der Waals surface area contributed by atoms with E-state index < -0.39 is 5.97 Å². The topological polar surface area (TPSA) is 38.7 Å². The largest absolute Gasteiger partial charge is 0.402 e. The smallest absolute Gasteiger partial charge is 0.363 e. The normalized spacial score (nSPS) is 15.9. The minimum absolute atomic E-state index is 0.154. The van der Waals surface area contributed by atoms with Crippen LogP contribution in [0.15, 0.2) is 57.6 Å². The van der Waals surface area contributed by atoms with Crippen LogP contribution in [0.5, 0.6) is 0 Å². The van der Waals surface area contributed by atoms with Crippen molar-refractivity contribution in [3.63, 3.8) is 0 Å². The molecule has 1 aliphatic rings. The molecule has 1 aliphatic heterocycles. The number of cyclic esters (lactones) is 1. The summed E-state index contributed by atoms with van der Waals surface area (Å²) < 4.78 is 6.14. The Kier molecular flexibility index (Phi) is 4.34. The molecule has 0 aliphatic carbocycles. The number of carbonyl (C=O) groups is 1. The number of rotatable bonds is 2. The van der Waals surface area contributed by atoms with E-state index in [9.17, 15) is 4.79 Å². The second-order valence-electron chi connectivity index (χ2n) is 4.49. The quantitative estimate of drug-likeness (QED) is 0.523. The minimum Gasteiger partial charge on any atom is -0.402 e. The van der Waals surface area contributed by atoms with Gasteiger partial charge in [0.05, 0.1) is 15.6 Å². The zero-order valence-electron chi connectivity index (χ0n) is 11.0. The Morgan fingerprint density at radius 1 is 1.09 bits per heavy atom. The van der Waals surface area contributed by atoms with E-state index >= 15 is 0 Å². The summed E-state index contributed by atoms with van der Waals surface area (Å²) in [5.41, 5.74) is 1.55. The van der Waals surface area contributed by atoms with Crippen molar-refractivity contribution in [1.82, 2.24) is 0 Å². The molecule has 3 nitrogen and oxygen atoms in total. The SMILES string of the molecule is O=C1OC(c2cccc(Cl)c2Cl)=N/C1=C/c1ccc(Br)cc1. The van der Waals surface area contributed by atoms with Gasteiger partial charge < -0.3 is 4.74 Å². The van der Waals surface area contributed by atoms with E-state index in [2.05, 4.69) is 20.9 Å². The molecule has 0 aromatic heterocycles. The van der Waals surface area contributed by atoms with Gasteiger partial charge in [-0.15, -0.1) is 0 Å². The Labute approximate surface area is 145 Å². The monoisotopic (exact) mass is 395 g/mol. The van der Waals surface area contributed by atoms with Crippen molar-refractivity contribution in [3.05, 3.63) is 73.8 Å². The number of esters is 1. The van der Waals surface area contributed by atoms with Gasteiger partial charge in [-0.3, -0.25) is 0 Å². The number of benzene rings is 2. The number of halogens is 3. The first-order valence-corrected chi connectivity index (χ1v) is 7.82. The van der Waals surface area contributed by atoms with E-state index in [-0.39, 0.29) is 11.6 Å². The highest BCUT2D eigenvalue weighted by Gasteiger charge is 2.26. The molecule has 0 unspecified atom stereocenters. The molecule has 0 radical (unpaired) electrons. The maximum absolute atomic E-state index is 11.9. The lowest BCUT2D eigenvalue weighted by Gasteiger charge is -2.03. The number of aliphatic imine (C=N–C) groups is 1. The lowest BCUT2D eigenvalue weighted by molar-refractivity contribution is -0.129. The molecule has 1 heterocycles. The summed E-state index contributed by atoms with van der Waals surface area (Å²) in [4.78, 5) is 16.1. The highest BCUT2D eigenvalue weighted by Crippen LogP contribution is 2.29. The summed E-state index contributed by atoms with van der Waals surface area (Å²) >= 11 is 15.4. The highest BCUT2D eigenvalue weighted by atomic mass is 79.9. The van der Waals surface area contributed by atoms with Gasteiger partial charge in [-0.25, -0.2) is 9.79 Å². The van der Waals surface area contributed by atoms with E-state index in [1.54, 1.807) is 24.3 Å². The third kappa shape index (κ3) is 3.09. The molecule has 22 heavy (non-hydrogen) atoms. The maximum Gasteiger partial charge on any atom is 0.363 e. The van der Waals surface area contributed by atoms with Gasteiger partial charge in [0, 0.05) is 4.47 Å². The molecule has 3 rings (SSSR count). The van der Waals surface area contributed by atoms with E-state index in [0.29, 0.717) is 15.6 Å². The van der Waals surface area contributed by atoms with Gasteiger partial charge in [0.25, 0.3) is 0 Å². The van der Waals surface area contributed by atoms with E-state index in [1.165, 1.54) is 0 Å². The average molecular weight is 397 g/mol. The van der Waals surface area contributed by atoms with Crippen LogP contribution in [0.2, 0.25) is 10.0 Å². The van der Waals surface area contributed by atoms with Crippen molar-refractivity contribution in [2.24, 2.45) is 4.99 Å². The molecule has 2 aromatic rings. The predicted molar refractivity (Wildman–Crippen MR) is 91.2 cm³/mol. The Bertz CT molecular complexity index is 813. The summed E-state index contributed by atoms with van der Waals surface area (Å²) in [7, 11) is 0. The molecule has 0 saturated carbocycles. The van der Waals surface area contributed by atoms with Crippen LogP contribution in [0.1, 0.15) is 11.1 Å². The van der Waals surface area contributed by atoms with E-state index in [0.717, 1.165) is 10.0 Å².